The molecule has 1 saturated heterocycles. The van der Waals surface area contributed by atoms with Crippen LogP contribution in [0.25, 0.3) is 0 Å². The zero-order valence-electron chi connectivity index (χ0n) is 18.3. The number of aryl methyl sites for hydroxylation is 1. The number of benzene rings is 2. The van der Waals surface area contributed by atoms with Gasteiger partial charge in [-0.2, -0.15) is 0 Å². The molecule has 1 N–H and O–H groups in total. The van der Waals surface area contributed by atoms with Gasteiger partial charge in [-0.05, 0) is 54.8 Å². The van der Waals surface area contributed by atoms with Crippen molar-refractivity contribution in [3.8, 4) is 0 Å². The van der Waals surface area contributed by atoms with Gasteiger partial charge in [0.1, 0.15) is 11.6 Å². The number of hydrogen-bond acceptors (Lipinski definition) is 4. The molecule has 2 heterocycles. The van der Waals surface area contributed by atoms with Crippen molar-refractivity contribution < 1.29 is 13.6 Å². The lowest BCUT2D eigenvalue weighted by molar-refractivity contribution is -0.121. The first-order valence-electron chi connectivity index (χ1n) is 11.3. The summed E-state index contributed by atoms with van der Waals surface area (Å²) in [6, 6.07) is 20.8. The topological polar surface area (TPSA) is 48.7 Å². The number of piperazine rings is 1. The van der Waals surface area contributed by atoms with Crippen LogP contribution in [0, 0.1) is 5.82 Å². The second kappa shape index (κ2) is 11.0. The van der Waals surface area contributed by atoms with E-state index < -0.39 is 0 Å². The Morgan fingerprint density at radius 1 is 0.969 bits per heavy atom. The number of rotatable bonds is 9. The predicted octanol–water partition coefficient (Wildman–Crippen LogP) is 4.42. The van der Waals surface area contributed by atoms with Gasteiger partial charge in [0.25, 0.3) is 0 Å². The molecule has 1 amide bonds. The maximum absolute atomic E-state index is 13.2. The molecule has 1 unspecified atom stereocenters. The third-order valence-electron chi connectivity index (χ3n) is 6.02. The lowest BCUT2D eigenvalue weighted by atomic mass is 10.1. The van der Waals surface area contributed by atoms with E-state index in [0.29, 0.717) is 13.0 Å². The van der Waals surface area contributed by atoms with Crippen molar-refractivity contribution in [1.82, 2.24) is 10.2 Å². The maximum Gasteiger partial charge on any atom is 0.220 e. The number of nitrogens with zero attached hydrogens (tertiary/aromatic N) is 2. The highest BCUT2D eigenvalue weighted by molar-refractivity contribution is 5.75. The molecule has 1 fully saturated rings. The lowest BCUT2D eigenvalue weighted by Crippen LogP contribution is -2.49. The van der Waals surface area contributed by atoms with Crippen LogP contribution >= 0.6 is 0 Å². The quantitative estimate of drug-likeness (QED) is 0.541. The third kappa shape index (κ3) is 5.98. The zero-order chi connectivity index (χ0) is 22.2. The van der Waals surface area contributed by atoms with Crippen LogP contribution in [0.5, 0.6) is 0 Å². The molecule has 168 valence electrons. The Bertz CT molecular complexity index is 953. The number of carbonyl (C=O) groups is 1. The molecule has 3 aromatic rings. The summed E-state index contributed by atoms with van der Waals surface area (Å²) in [6.45, 7) is 3.88. The van der Waals surface area contributed by atoms with Gasteiger partial charge in [-0.15, -0.1) is 0 Å². The Morgan fingerprint density at radius 3 is 2.41 bits per heavy atom. The van der Waals surface area contributed by atoms with Crippen LogP contribution in [0.4, 0.5) is 10.1 Å². The van der Waals surface area contributed by atoms with E-state index in [1.807, 2.05) is 42.5 Å². The van der Waals surface area contributed by atoms with Crippen LogP contribution in [-0.2, 0) is 11.2 Å². The van der Waals surface area contributed by atoms with Crippen molar-refractivity contribution in [3.05, 3.63) is 90.1 Å². The van der Waals surface area contributed by atoms with Crippen LogP contribution in [0.2, 0.25) is 0 Å². The maximum atomic E-state index is 13.2. The molecule has 1 aromatic heterocycles. The number of amides is 1. The smallest absolute Gasteiger partial charge is 0.220 e. The Hall–Kier alpha value is -3.12. The van der Waals surface area contributed by atoms with E-state index in [2.05, 4.69) is 27.2 Å². The third-order valence-corrected chi connectivity index (χ3v) is 6.02. The fourth-order valence-corrected chi connectivity index (χ4v) is 4.23. The van der Waals surface area contributed by atoms with E-state index >= 15 is 0 Å². The van der Waals surface area contributed by atoms with Gasteiger partial charge < -0.3 is 14.6 Å². The highest BCUT2D eigenvalue weighted by atomic mass is 19.1. The van der Waals surface area contributed by atoms with Crippen molar-refractivity contribution in [3.63, 3.8) is 0 Å². The van der Waals surface area contributed by atoms with E-state index in [-0.39, 0.29) is 17.8 Å². The number of anilines is 1. The summed E-state index contributed by atoms with van der Waals surface area (Å²) in [4.78, 5) is 17.1. The fraction of sp³-hybridized carbons (Fsp3) is 0.346. The molecule has 0 spiro atoms. The van der Waals surface area contributed by atoms with E-state index in [1.165, 1.54) is 17.7 Å². The summed E-state index contributed by atoms with van der Waals surface area (Å²) in [6.07, 6.45) is 3.93. The first-order valence-corrected chi connectivity index (χ1v) is 11.3. The Kier molecular flexibility index (Phi) is 7.56. The van der Waals surface area contributed by atoms with Crippen LogP contribution in [0.1, 0.15) is 30.2 Å². The minimum Gasteiger partial charge on any atom is -0.468 e. The fourth-order valence-electron chi connectivity index (χ4n) is 4.23. The van der Waals surface area contributed by atoms with Crippen molar-refractivity contribution in [2.45, 2.75) is 25.3 Å². The largest absolute Gasteiger partial charge is 0.468 e. The second-order valence-corrected chi connectivity index (χ2v) is 8.17. The summed E-state index contributed by atoms with van der Waals surface area (Å²) in [5.41, 5.74) is 2.29. The average Bonchev–Trinajstić information content (AvgIpc) is 3.36. The zero-order valence-corrected chi connectivity index (χ0v) is 18.3. The molecule has 1 aliphatic heterocycles. The van der Waals surface area contributed by atoms with Gasteiger partial charge >= 0.3 is 0 Å². The van der Waals surface area contributed by atoms with Crippen LogP contribution in [0.15, 0.2) is 77.4 Å². The minimum absolute atomic E-state index is 0.00144. The molecule has 32 heavy (non-hydrogen) atoms. The van der Waals surface area contributed by atoms with E-state index in [1.54, 1.807) is 6.26 Å². The summed E-state index contributed by atoms with van der Waals surface area (Å²) >= 11 is 0. The van der Waals surface area contributed by atoms with E-state index in [0.717, 1.165) is 50.5 Å². The van der Waals surface area contributed by atoms with Gasteiger partial charge in [-0.25, -0.2) is 4.39 Å². The predicted molar refractivity (Wildman–Crippen MR) is 124 cm³/mol. The van der Waals surface area contributed by atoms with Crippen LogP contribution in [0.3, 0.4) is 0 Å². The SMILES string of the molecule is O=C(CCCc1ccccc1)NCC(c1ccco1)N1CCN(c2ccc(F)cc2)CC1. The van der Waals surface area contributed by atoms with Crippen LogP contribution in [-0.4, -0.2) is 43.5 Å². The van der Waals surface area contributed by atoms with Crippen molar-refractivity contribution in [1.29, 1.82) is 0 Å². The molecule has 0 saturated carbocycles. The molecular weight excluding hydrogens is 405 g/mol. The Balaban J connectivity index is 1.28. The highest BCUT2D eigenvalue weighted by Crippen LogP contribution is 2.24. The number of furan rings is 1. The molecule has 0 radical (unpaired) electrons. The molecule has 1 atom stereocenters. The van der Waals surface area contributed by atoms with Gasteiger partial charge in [0.15, 0.2) is 0 Å². The number of nitrogens with one attached hydrogen (secondary N) is 1. The van der Waals surface area contributed by atoms with Crippen molar-refractivity contribution >= 4 is 11.6 Å². The highest BCUT2D eigenvalue weighted by Gasteiger charge is 2.27. The van der Waals surface area contributed by atoms with E-state index in [9.17, 15) is 9.18 Å². The molecule has 0 bridgehead atoms. The lowest BCUT2D eigenvalue weighted by Gasteiger charge is -2.39. The molecular formula is C26H30FN3O2. The van der Waals surface area contributed by atoms with E-state index in [4.69, 9.17) is 4.42 Å². The second-order valence-electron chi connectivity index (χ2n) is 8.17. The standard InChI is InChI=1S/C26H30FN3O2/c27-22-11-13-23(14-12-22)29-15-17-30(18-16-29)24(25-9-5-19-32-25)20-28-26(31)10-4-8-21-6-2-1-3-7-21/h1-3,5-7,9,11-14,19,24H,4,8,10,15-18,20H2,(H,28,31). The Morgan fingerprint density at radius 2 is 1.72 bits per heavy atom. The summed E-state index contributed by atoms with van der Waals surface area (Å²) in [5.74, 6) is 0.719. The monoisotopic (exact) mass is 435 g/mol. The van der Waals surface area contributed by atoms with Gasteiger partial charge in [-0.1, -0.05) is 30.3 Å². The summed E-state index contributed by atoms with van der Waals surface area (Å²) in [5, 5.41) is 3.11. The number of carbonyl (C=O) groups excluding carboxylic acids is 1. The first kappa shape index (κ1) is 22.1. The average molecular weight is 436 g/mol. The first-order chi connectivity index (χ1) is 15.7. The molecule has 1 aliphatic rings. The Labute approximate surface area is 188 Å². The summed E-state index contributed by atoms with van der Waals surface area (Å²) in [7, 11) is 0. The van der Waals surface area contributed by atoms with Gasteiger partial charge in [0.05, 0.1) is 12.3 Å². The van der Waals surface area contributed by atoms with Crippen molar-refractivity contribution in [2.24, 2.45) is 0 Å². The van der Waals surface area contributed by atoms with Gasteiger partial charge in [0, 0.05) is 44.8 Å². The minimum atomic E-state index is -0.218. The number of hydrogen-bond donors (Lipinski definition) is 1. The summed E-state index contributed by atoms with van der Waals surface area (Å²) < 4.78 is 18.9. The molecule has 5 nitrogen and oxygen atoms in total. The molecule has 2 aromatic carbocycles. The molecule has 0 aliphatic carbocycles. The van der Waals surface area contributed by atoms with Crippen LogP contribution < -0.4 is 10.2 Å². The molecule has 4 rings (SSSR count). The van der Waals surface area contributed by atoms with Gasteiger partial charge in [0.2, 0.25) is 5.91 Å². The van der Waals surface area contributed by atoms with Gasteiger partial charge in [-0.3, -0.25) is 9.69 Å². The number of halogens is 1. The van der Waals surface area contributed by atoms with Crippen molar-refractivity contribution in [2.75, 3.05) is 37.6 Å². The molecule has 6 heteroatoms. The normalized spacial score (nSPS) is 15.5.